The van der Waals surface area contributed by atoms with E-state index in [2.05, 4.69) is 0 Å². The van der Waals surface area contributed by atoms with Crippen molar-refractivity contribution < 1.29 is 14.6 Å². The van der Waals surface area contributed by atoms with Crippen LogP contribution in [-0.4, -0.2) is 23.8 Å². The molecule has 0 saturated carbocycles. The van der Waals surface area contributed by atoms with Gasteiger partial charge < -0.3 is 15.6 Å². The Labute approximate surface area is 88.7 Å². The van der Waals surface area contributed by atoms with E-state index < -0.39 is 12.1 Å². The number of carboxylic acids is 1. The van der Waals surface area contributed by atoms with Gasteiger partial charge in [-0.25, -0.2) is 4.79 Å². The van der Waals surface area contributed by atoms with Gasteiger partial charge in [0, 0.05) is 18.7 Å². The van der Waals surface area contributed by atoms with Crippen molar-refractivity contribution in [2.45, 2.75) is 19.4 Å². The van der Waals surface area contributed by atoms with Crippen molar-refractivity contribution in [2.24, 2.45) is 0 Å². The lowest BCUT2D eigenvalue weighted by Crippen LogP contribution is -2.26. The zero-order chi connectivity index (χ0) is 11.3. The van der Waals surface area contributed by atoms with E-state index in [-0.39, 0.29) is 0 Å². The minimum atomic E-state index is -0.945. The van der Waals surface area contributed by atoms with Gasteiger partial charge in [-0.1, -0.05) is 12.1 Å². The molecule has 0 bridgehead atoms. The van der Waals surface area contributed by atoms with E-state index in [1.165, 1.54) is 0 Å². The van der Waals surface area contributed by atoms with Gasteiger partial charge in [0.25, 0.3) is 0 Å². The molecule has 0 heterocycles. The summed E-state index contributed by atoms with van der Waals surface area (Å²) in [5, 5.41) is 8.88. The molecule has 0 aliphatic carbocycles. The largest absolute Gasteiger partial charge is 0.479 e. The summed E-state index contributed by atoms with van der Waals surface area (Å²) in [5.41, 5.74) is 7.10. The van der Waals surface area contributed by atoms with Crippen molar-refractivity contribution in [1.29, 1.82) is 0 Å². The van der Waals surface area contributed by atoms with Crippen LogP contribution in [0.4, 0.5) is 5.69 Å². The number of carbonyl (C=O) groups is 1. The van der Waals surface area contributed by atoms with Gasteiger partial charge in [-0.2, -0.15) is 0 Å². The molecule has 1 aromatic rings. The van der Waals surface area contributed by atoms with Gasteiger partial charge in [-0.05, 0) is 24.6 Å². The molecule has 0 fully saturated rings. The number of hydrogen-bond acceptors (Lipinski definition) is 3. The summed E-state index contributed by atoms with van der Waals surface area (Å²) in [6.07, 6.45) is -0.453. The zero-order valence-electron chi connectivity index (χ0n) is 8.64. The molecule has 3 N–H and O–H groups in total. The quantitative estimate of drug-likeness (QED) is 0.717. The Balaban J connectivity index is 2.69. The minimum absolute atomic E-state index is 0.341. The predicted octanol–water partition coefficient (Wildman–Crippen LogP) is 1.30. The monoisotopic (exact) mass is 209 g/mol. The van der Waals surface area contributed by atoms with Gasteiger partial charge >= 0.3 is 5.97 Å². The molecular weight excluding hydrogens is 194 g/mol. The molecule has 4 nitrogen and oxygen atoms in total. The molecule has 82 valence electrons. The summed E-state index contributed by atoms with van der Waals surface area (Å²) in [6, 6.07) is 7.16. The van der Waals surface area contributed by atoms with Crippen LogP contribution >= 0.6 is 0 Å². The lowest BCUT2D eigenvalue weighted by molar-refractivity contribution is -0.149. The van der Waals surface area contributed by atoms with Crippen LogP contribution in [0.5, 0.6) is 0 Å². The average molecular weight is 209 g/mol. The first-order chi connectivity index (χ1) is 7.13. The number of nitrogen functional groups attached to an aromatic ring is 1. The van der Waals surface area contributed by atoms with Crippen LogP contribution in [0.25, 0.3) is 0 Å². The molecule has 0 saturated heterocycles. The molecule has 1 aromatic carbocycles. The highest BCUT2D eigenvalue weighted by atomic mass is 16.5. The van der Waals surface area contributed by atoms with Gasteiger partial charge in [-0.3, -0.25) is 0 Å². The van der Waals surface area contributed by atoms with E-state index in [0.717, 1.165) is 5.56 Å². The van der Waals surface area contributed by atoms with Crippen LogP contribution in [0.2, 0.25) is 0 Å². The fourth-order valence-corrected chi connectivity index (χ4v) is 1.35. The molecule has 0 aliphatic rings. The van der Waals surface area contributed by atoms with Gasteiger partial charge in [0.2, 0.25) is 0 Å². The second-order valence-corrected chi connectivity index (χ2v) is 3.23. The van der Waals surface area contributed by atoms with Crippen molar-refractivity contribution in [3.63, 3.8) is 0 Å². The summed E-state index contributed by atoms with van der Waals surface area (Å²) >= 11 is 0. The first-order valence-electron chi connectivity index (χ1n) is 4.82. The van der Waals surface area contributed by atoms with E-state index >= 15 is 0 Å². The second kappa shape index (κ2) is 5.36. The number of benzene rings is 1. The maximum absolute atomic E-state index is 10.8. The molecule has 4 heteroatoms. The first-order valence-corrected chi connectivity index (χ1v) is 4.82. The molecule has 0 radical (unpaired) electrons. The molecule has 0 unspecified atom stereocenters. The Hall–Kier alpha value is -1.55. The van der Waals surface area contributed by atoms with Crippen molar-refractivity contribution in [3.05, 3.63) is 29.8 Å². The summed E-state index contributed by atoms with van der Waals surface area (Å²) < 4.78 is 5.11. The molecular formula is C11H15NO3. The molecule has 0 aromatic heterocycles. The van der Waals surface area contributed by atoms with E-state index in [0.29, 0.717) is 18.7 Å². The maximum Gasteiger partial charge on any atom is 0.333 e. The van der Waals surface area contributed by atoms with Crippen LogP contribution in [0.15, 0.2) is 24.3 Å². The fourth-order valence-electron chi connectivity index (χ4n) is 1.35. The smallest absolute Gasteiger partial charge is 0.333 e. The highest BCUT2D eigenvalue weighted by Gasteiger charge is 2.17. The summed E-state index contributed by atoms with van der Waals surface area (Å²) in [7, 11) is 0. The first kappa shape index (κ1) is 11.5. The maximum atomic E-state index is 10.8. The zero-order valence-corrected chi connectivity index (χ0v) is 8.64. The molecule has 0 aliphatic heterocycles. The minimum Gasteiger partial charge on any atom is -0.479 e. The van der Waals surface area contributed by atoms with Gasteiger partial charge in [-0.15, -0.1) is 0 Å². The van der Waals surface area contributed by atoms with Gasteiger partial charge in [0.15, 0.2) is 6.10 Å². The second-order valence-electron chi connectivity index (χ2n) is 3.23. The Morgan fingerprint density at radius 3 is 2.87 bits per heavy atom. The Kier molecular flexibility index (Phi) is 4.12. The number of ether oxygens (including phenoxy) is 1. The predicted molar refractivity (Wildman–Crippen MR) is 57.6 cm³/mol. The van der Waals surface area contributed by atoms with Crippen LogP contribution in [-0.2, 0) is 16.0 Å². The third kappa shape index (κ3) is 3.59. The molecule has 0 spiro atoms. The number of carboxylic acid groups (broad SMARTS) is 1. The summed E-state index contributed by atoms with van der Waals surface area (Å²) in [4.78, 5) is 10.8. The Morgan fingerprint density at radius 1 is 1.60 bits per heavy atom. The average Bonchev–Trinajstić information content (AvgIpc) is 2.17. The summed E-state index contributed by atoms with van der Waals surface area (Å²) in [5.74, 6) is -0.945. The third-order valence-corrected chi connectivity index (χ3v) is 2.02. The standard InChI is InChI=1S/C11H15NO3/c1-2-15-10(11(13)14)7-8-4-3-5-9(12)6-8/h3-6,10H,2,7,12H2,1H3,(H,13,14)/t10-/m1/s1. The summed E-state index contributed by atoms with van der Waals surface area (Å²) in [6.45, 7) is 2.16. The SMILES string of the molecule is CCO[C@H](Cc1cccc(N)c1)C(=O)O. The van der Waals surface area contributed by atoms with E-state index in [1.54, 1.807) is 25.1 Å². The number of aliphatic carboxylic acids is 1. The Morgan fingerprint density at radius 2 is 2.33 bits per heavy atom. The van der Waals surface area contributed by atoms with Crippen molar-refractivity contribution in [3.8, 4) is 0 Å². The fraction of sp³-hybridized carbons (Fsp3) is 0.364. The number of anilines is 1. The third-order valence-electron chi connectivity index (χ3n) is 2.02. The van der Waals surface area contributed by atoms with E-state index in [1.807, 2.05) is 6.07 Å². The highest BCUT2D eigenvalue weighted by Crippen LogP contribution is 2.10. The van der Waals surface area contributed by atoms with Crippen molar-refractivity contribution in [2.75, 3.05) is 12.3 Å². The number of hydrogen-bond donors (Lipinski definition) is 2. The number of nitrogens with two attached hydrogens (primary N) is 1. The molecule has 1 atom stereocenters. The molecule has 0 amide bonds. The van der Waals surface area contributed by atoms with Crippen LogP contribution in [0.3, 0.4) is 0 Å². The van der Waals surface area contributed by atoms with Gasteiger partial charge in [0.05, 0.1) is 0 Å². The van der Waals surface area contributed by atoms with E-state index in [9.17, 15) is 4.79 Å². The molecule has 1 rings (SSSR count). The van der Waals surface area contributed by atoms with Crippen LogP contribution in [0.1, 0.15) is 12.5 Å². The van der Waals surface area contributed by atoms with Crippen LogP contribution < -0.4 is 5.73 Å². The lowest BCUT2D eigenvalue weighted by Gasteiger charge is -2.12. The van der Waals surface area contributed by atoms with Gasteiger partial charge in [0.1, 0.15) is 0 Å². The normalized spacial score (nSPS) is 12.3. The van der Waals surface area contributed by atoms with Crippen molar-refractivity contribution in [1.82, 2.24) is 0 Å². The highest BCUT2D eigenvalue weighted by molar-refractivity contribution is 5.72. The Bertz CT molecular complexity index is 338. The molecule has 15 heavy (non-hydrogen) atoms. The number of rotatable bonds is 5. The van der Waals surface area contributed by atoms with Crippen LogP contribution in [0, 0.1) is 0 Å². The van der Waals surface area contributed by atoms with Crippen molar-refractivity contribution >= 4 is 11.7 Å². The topological polar surface area (TPSA) is 72.5 Å². The lowest BCUT2D eigenvalue weighted by atomic mass is 10.1. The van der Waals surface area contributed by atoms with E-state index in [4.69, 9.17) is 15.6 Å².